The van der Waals surface area contributed by atoms with E-state index >= 15 is 0 Å². The molecular formula is C21H31N5O8S. The summed E-state index contributed by atoms with van der Waals surface area (Å²) < 4.78 is 0. The molecule has 194 valence electrons. The molecule has 4 unspecified atom stereocenters. The van der Waals surface area contributed by atoms with Gasteiger partial charge in [-0.3, -0.25) is 19.2 Å². The van der Waals surface area contributed by atoms with Crippen molar-refractivity contribution in [2.75, 3.05) is 18.6 Å². The number of benzene rings is 1. The van der Waals surface area contributed by atoms with E-state index in [1.54, 1.807) is 0 Å². The minimum Gasteiger partial charge on any atom is -0.508 e. The zero-order valence-corrected chi connectivity index (χ0v) is 19.9. The molecule has 4 atom stereocenters. The second-order valence-corrected chi connectivity index (χ2v) is 8.62. The van der Waals surface area contributed by atoms with Gasteiger partial charge in [0, 0.05) is 6.42 Å². The number of carboxylic acids is 1. The number of rotatable bonds is 15. The maximum Gasteiger partial charge on any atom is 0.326 e. The summed E-state index contributed by atoms with van der Waals surface area (Å²) in [4.78, 5) is 60.4. The summed E-state index contributed by atoms with van der Waals surface area (Å²) in [5, 5.41) is 35.2. The molecule has 10 N–H and O–H groups in total. The third-order valence-electron chi connectivity index (χ3n) is 4.81. The van der Waals surface area contributed by atoms with Crippen molar-refractivity contribution in [3.63, 3.8) is 0 Å². The normalized spacial score (nSPS) is 14.1. The molecule has 35 heavy (non-hydrogen) atoms. The lowest BCUT2D eigenvalue weighted by molar-refractivity contribution is -0.143. The number of carboxylic acid groups (broad SMARTS) is 1. The Morgan fingerprint density at radius 2 is 1.49 bits per heavy atom. The van der Waals surface area contributed by atoms with E-state index in [-0.39, 0.29) is 12.2 Å². The van der Waals surface area contributed by atoms with Crippen molar-refractivity contribution in [3.8, 4) is 5.75 Å². The molecule has 0 saturated heterocycles. The molecule has 14 heteroatoms. The first-order valence-corrected chi connectivity index (χ1v) is 11.9. The molecule has 13 nitrogen and oxygen atoms in total. The molecule has 1 rings (SSSR count). The number of aliphatic hydroxyl groups excluding tert-OH is 1. The molecule has 0 aliphatic heterocycles. The van der Waals surface area contributed by atoms with Crippen molar-refractivity contribution in [1.29, 1.82) is 0 Å². The van der Waals surface area contributed by atoms with Crippen LogP contribution in [0.15, 0.2) is 24.3 Å². The Morgan fingerprint density at radius 3 is 2.00 bits per heavy atom. The number of phenolic OH excluding ortho intramolecular Hbond substituents is 1. The molecule has 0 saturated carbocycles. The van der Waals surface area contributed by atoms with Gasteiger partial charge in [-0.2, -0.15) is 11.8 Å². The predicted molar refractivity (Wildman–Crippen MR) is 127 cm³/mol. The van der Waals surface area contributed by atoms with Crippen molar-refractivity contribution >= 4 is 41.4 Å². The summed E-state index contributed by atoms with van der Waals surface area (Å²) in [6.45, 7) is -0.792. The summed E-state index contributed by atoms with van der Waals surface area (Å²) in [5.41, 5.74) is 11.3. The monoisotopic (exact) mass is 513 g/mol. The molecule has 0 fully saturated rings. The van der Waals surface area contributed by atoms with Crippen LogP contribution in [0.5, 0.6) is 5.75 Å². The lowest BCUT2D eigenvalue weighted by Gasteiger charge is -2.24. The number of primary amides is 1. The maximum absolute atomic E-state index is 12.8. The van der Waals surface area contributed by atoms with Crippen LogP contribution in [0.1, 0.15) is 18.4 Å². The van der Waals surface area contributed by atoms with E-state index in [4.69, 9.17) is 11.5 Å². The molecule has 0 aliphatic carbocycles. The fraction of sp³-hybridized carbons (Fsp3) is 0.476. The lowest BCUT2D eigenvalue weighted by Crippen LogP contribution is -2.58. The molecule has 1 aromatic carbocycles. The third kappa shape index (κ3) is 10.6. The fourth-order valence-corrected chi connectivity index (χ4v) is 3.36. The number of carbonyl (C=O) groups excluding carboxylic acids is 4. The number of aliphatic carboxylic acids is 1. The Hall–Kier alpha value is -3.36. The molecule has 0 heterocycles. The minimum absolute atomic E-state index is 0.0351. The summed E-state index contributed by atoms with van der Waals surface area (Å²) in [5.74, 6) is -4.43. The molecule has 1 aromatic rings. The third-order valence-corrected chi connectivity index (χ3v) is 5.46. The number of nitrogens with two attached hydrogens (primary N) is 2. The van der Waals surface area contributed by atoms with Crippen molar-refractivity contribution in [3.05, 3.63) is 29.8 Å². The van der Waals surface area contributed by atoms with E-state index in [1.165, 1.54) is 36.0 Å². The van der Waals surface area contributed by atoms with Gasteiger partial charge in [-0.15, -0.1) is 0 Å². The van der Waals surface area contributed by atoms with Gasteiger partial charge in [-0.1, -0.05) is 12.1 Å². The first kappa shape index (κ1) is 29.7. The van der Waals surface area contributed by atoms with Gasteiger partial charge >= 0.3 is 5.97 Å². The minimum atomic E-state index is -1.64. The number of thioether (sulfide) groups is 1. The Balaban J connectivity index is 3.03. The van der Waals surface area contributed by atoms with Crippen molar-refractivity contribution in [2.24, 2.45) is 11.5 Å². The maximum atomic E-state index is 12.8. The summed E-state index contributed by atoms with van der Waals surface area (Å²) >= 11 is 1.48. The molecule has 0 spiro atoms. The fourth-order valence-electron chi connectivity index (χ4n) is 2.87. The van der Waals surface area contributed by atoms with Crippen LogP contribution in [0, 0.1) is 0 Å². The number of hydrogen-bond donors (Lipinski definition) is 8. The van der Waals surface area contributed by atoms with E-state index in [0.717, 1.165) is 0 Å². The molecule has 0 bridgehead atoms. The number of amides is 4. The van der Waals surface area contributed by atoms with Crippen LogP contribution in [0.4, 0.5) is 0 Å². The second kappa shape index (κ2) is 14.8. The standard InChI is InChI=1S/C21H31N5O8S/c1-35-7-6-13(22)18(30)26-16(10-27)20(32)24-14(8-11-2-4-12(28)5-3-11)19(31)25-15(21(33)34)9-17(23)29/h2-5,13-16,27-28H,6-10,22H2,1H3,(H2,23,29)(H,24,32)(H,25,31)(H,26,30)(H,33,34). The van der Waals surface area contributed by atoms with Gasteiger partial charge in [-0.25, -0.2) is 4.79 Å². The molecule has 0 aliphatic rings. The summed E-state index contributed by atoms with van der Waals surface area (Å²) in [6.07, 6.45) is 1.37. The smallest absolute Gasteiger partial charge is 0.326 e. The molecule has 0 radical (unpaired) electrons. The summed E-state index contributed by atoms with van der Waals surface area (Å²) in [7, 11) is 0. The van der Waals surface area contributed by atoms with Crippen LogP contribution in [0.3, 0.4) is 0 Å². The van der Waals surface area contributed by atoms with E-state index < -0.39 is 66.8 Å². The highest BCUT2D eigenvalue weighted by atomic mass is 32.2. The number of aromatic hydroxyl groups is 1. The number of aliphatic hydroxyl groups is 1. The van der Waals surface area contributed by atoms with Crippen molar-refractivity contribution in [2.45, 2.75) is 43.4 Å². The summed E-state index contributed by atoms with van der Waals surface area (Å²) in [6, 6.07) is 0.327. The highest BCUT2D eigenvalue weighted by molar-refractivity contribution is 7.98. The highest BCUT2D eigenvalue weighted by Gasteiger charge is 2.30. The zero-order chi connectivity index (χ0) is 26.5. The van der Waals surface area contributed by atoms with E-state index in [0.29, 0.717) is 17.7 Å². The van der Waals surface area contributed by atoms with Gasteiger partial charge < -0.3 is 42.7 Å². The van der Waals surface area contributed by atoms with Gasteiger partial charge in [0.1, 0.15) is 23.9 Å². The Morgan fingerprint density at radius 1 is 0.943 bits per heavy atom. The Bertz CT molecular complexity index is 898. The van der Waals surface area contributed by atoms with Crippen LogP contribution in [0.25, 0.3) is 0 Å². The van der Waals surface area contributed by atoms with Crippen LogP contribution in [-0.4, -0.2) is 87.7 Å². The first-order chi connectivity index (χ1) is 16.5. The SMILES string of the molecule is CSCCC(N)C(=O)NC(CO)C(=O)NC(Cc1ccc(O)cc1)C(=O)NC(CC(N)=O)C(=O)O. The van der Waals surface area contributed by atoms with E-state index in [1.807, 2.05) is 6.26 Å². The van der Waals surface area contributed by atoms with E-state index in [2.05, 4.69) is 16.0 Å². The van der Waals surface area contributed by atoms with Crippen LogP contribution >= 0.6 is 11.8 Å². The van der Waals surface area contributed by atoms with E-state index in [9.17, 15) is 39.3 Å². The first-order valence-electron chi connectivity index (χ1n) is 10.5. The average molecular weight is 514 g/mol. The second-order valence-electron chi connectivity index (χ2n) is 7.63. The molecular weight excluding hydrogens is 482 g/mol. The lowest BCUT2D eigenvalue weighted by atomic mass is 10.0. The van der Waals surface area contributed by atoms with Crippen molar-refractivity contribution < 1.29 is 39.3 Å². The largest absolute Gasteiger partial charge is 0.508 e. The molecule has 0 aromatic heterocycles. The Kier molecular flexibility index (Phi) is 12.6. The number of nitrogens with one attached hydrogen (secondary N) is 3. The van der Waals surface area contributed by atoms with Gasteiger partial charge in [0.2, 0.25) is 23.6 Å². The predicted octanol–water partition coefficient (Wildman–Crippen LogP) is -2.58. The van der Waals surface area contributed by atoms with Crippen LogP contribution < -0.4 is 27.4 Å². The van der Waals surface area contributed by atoms with Gasteiger partial charge in [0.15, 0.2) is 0 Å². The van der Waals surface area contributed by atoms with Gasteiger partial charge in [-0.05, 0) is 36.1 Å². The van der Waals surface area contributed by atoms with Gasteiger partial charge in [0.25, 0.3) is 0 Å². The highest BCUT2D eigenvalue weighted by Crippen LogP contribution is 2.12. The van der Waals surface area contributed by atoms with Gasteiger partial charge in [0.05, 0.1) is 19.1 Å². The van der Waals surface area contributed by atoms with Crippen molar-refractivity contribution in [1.82, 2.24) is 16.0 Å². The van der Waals surface area contributed by atoms with Crippen LogP contribution in [-0.2, 0) is 30.4 Å². The zero-order valence-electron chi connectivity index (χ0n) is 19.1. The topological polar surface area (TPSA) is 234 Å². The Labute approximate surface area is 206 Å². The molecule has 4 amide bonds. The van der Waals surface area contributed by atoms with Crippen LogP contribution in [0.2, 0.25) is 0 Å². The number of carbonyl (C=O) groups is 5. The number of hydrogen-bond acceptors (Lipinski definition) is 9. The average Bonchev–Trinajstić information content (AvgIpc) is 2.80. The number of phenols is 1. The quantitative estimate of drug-likeness (QED) is 0.122.